The van der Waals surface area contributed by atoms with Gasteiger partial charge in [-0.15, -0.1) is 0 Å². The van der Waals surface area contributed by atoms with Gasteiger partial charge in [-0.1, -0.05) is 47.5 Å². The highest BCUT2D eigenvalue weighted by Gasteiger charge is 2.25. The standard InChI is InChI=1S/C26H18Cl2FN3OS/c1-15-20(13-24-25(33)31-26(34-24)30-18-9-7-17(29)8-10-18)19-4-2-3-5-23(19)32(15)14-16-6-11-21(27)22(28)12-16/h2-13H,14H2,1H3,(H,30,31,33). The van der Waals surface area contributed by atoms with Crippen LogP contribution in [0.15, 0.2) is 76.6 Å². The molecule has 3 aromatic carbocycles. The van der Waals surface area contributed by atoms with Crippen molar-refractivity contribution in [3.8, 4) is 0 Å². The molecule has 0 bridgehead atoms. The summed E-state index contributed by atoms with van der Waals surface area (Å²) >= 11 is 13.6. The van der Waals surface area contributed by atoms with E-state index in [2.05, 4.69) is 20.9 Å². The average Bonchev–Trinajstić information content (AvgIpc) is 3.30. The Kier molecular flexibility index (Phi) is 6.21. The van der Waals surface area contributed by atoms with E-state index in [1.165, 1.54) is 23.9 Å². The number of carbonyl (C=O) groups excluding carboxylic acids is 1. The quantitative estimate of drug-likeness (QED) is 0.292. The van der Waals surface area contributed by atoms with Gasteiger partial charge in [-0.3, -0.25) is 4.79 Å². The topological polar surface area (TPSA) is 46.4 Å². The maximum atomic E-state index is 13.2. The molecule has 4 aromatic rings. The molecule has 8 heteroatoms. The van der Waals surface area contributed by atoms with Gasteiger partial charge in [0.15, 0.2) is 5.17 Å². The number of amidine groups is 1. The number of aromatic nitrogens is 1. The molecule has 1 fully saturated rings. The van der Waals surface area contributed by atoms with Crippen molar-refractivity contribution in [2.45, 2.75) is 13.5 Å². The van der Waals surface area contributed by atoms with E-state index in [1.54, 1.807) is 18.2 Å². The number of para-hydroxylation sites is 1. The smallest absolute Gasteiger partial charge is 0.264 e. The number of fused-ring (bicyclic) bond motifs is 1. The van der Waals surface area contributed by atoms with Crippen LogP contribution >= 0.6 is 35.0 Å². The van der Waals surface area contributed by atoms with Crippen LogP contribution in [0.5, 0.6) is 0 Å². The van der Waals surface area contributed by atoms with Gasteiger partial charge in [0.05, 0.1) is 20.6 Å². The molecular formula is C26H18Cl2FN3OS. The van der Waals surface area contributed by atoms with Crippen molar-refractivity contribution in [1.82, 2.24) is 9.88 Å². The number of amides is 1. The van der Waals surface area contributed by atoms with Gasteiger partial charge in [0.2, 0.25) is 0 Å². The zero-order valence-corrected chi connectivity index (χ0v) is 20.3. The van der Waals surface area contributed by atoms with Crippen LogP contribution in [-0.2, 0) is 11.3 Å². The summed E-state index contributed by atoms with van der Waals surface area (Å²) in [6.45, 7) is 2.65. The molecule has 2 heterocycles. The highest BCUT2D eigenvalue weighted by atomic mass is 35.5. The number of rotatable bonds is 4. The highest BCUT2D eigenvalue weighted by Crippen LogP contribution is 2.34. The normalized spacial score (nSPS) is 16.1. The van der Waals surface area contributed by atoms with E-state index in [4.69, 9.17) is 23.2 Å². The van der Waals surface area contributed by atoms with Gasteiger partial charge < -0.3 is 9.88 Å². The fourth-order valence-corrected chi connectivity index (χ4v) is 5.05. The van der Waals surface area contributed by atoms with Crippen LogP contribution in [0.25, 0.3) is 17.0 Å². The predicted molar refractivity (Wildman–Crippen MR) is 139 cm³/mol. The van der Waals surface area contributed by atoms with Gasteiger partial charge in [-0.25, -0.2) is 9.38 Å². The summed E-state index contributed by atoms with van der Waals surface area (Å²) in [5.74, 6) is -0.549. The van der Waals surface area contributed by atoms with Crippen LogP contribution in [0.1, 0.15) is 16.8 Å². The Morgan fingerprint density at radius 3 is 2.59 bits per heavy atom. The molecule has 1 amide bonds. The summed E-state index contributed by atoms with van der Waals surface area (Å²) in [4.78, 5) is 17.6. The number of hydrogen-bond acceptors (Lipinski definition) is 3. The third-order valence-electron chi connectivity index (χ3n) is 5.59. The van der Waals surface area contributed by atoms with Gasteiger partial charge in [-0.05, 0) is 72.8 Å². The lowest BCUT2D eigenvalue weighted by Crippen LogP contribution is -2.19. The monoisotopic (exact) mass is 509 g/mol. The Balaban J connectivity index is 1.51. The molecule has 0 unspecified atom stereocenters. The van der Waals surface area contributed by atoms with E-state index in [1.807, 2.05) is 43.3 Å². The Bertz CT molecular complexity index is 1490. The van der Waals surface area contributed by atoms with E-state index in [0.29, 0.717) is 32.4 Å². The third-order valence-corrected chi connectivity index (χ3v) is 7.24. The van der Waals surface area contributed by atoms with Crippen LogP contribution in [-0.4, -0.2) is 15.6 Å². The average molecular weight is 510 g/mol. The van der Waals surface area contributed by atoms with Crippen LogP contribution < -0.4 is 5.32 Å². The second-order valence-corrected chi connectivity index (χ2v) is 9.65. The minimum atomic E-state index is -0.333. The first kappa shape index (κ1) is 22.7. The first-order valence-corrected chi connectivity index (χ1v) is 12.0. The molecule has 0 spiro atoms. The lowest BCUT2D eigenvalue weighted by Gasteiger charge is -2.10. The number of thioether (sulfide) groups is 1. The SMILES string of the molecule is Cc1c(C=C2SC(=Nc3ccc(F)cc3)NC2=O)c2ccccc2n1Cc1ccc(Cl)c(Cl)c1. The number of nitrogens with zero attached hydrogens (tertiary/aromatic N) is 2. The lowest BCUT2D eigenvalue weighted by atomic mass is 10.1. The van der Waals surface area contributed by atoms with Crippen molar-refractivity contribution in [2.75, 3.05) is 0 Å². The number of aliphatic imine (C=N–C) groups is 1. The molecule has 4 nitrogen and oxygen atoms in total. The minimum Gasteiger partial charge on any atom is -0.340 e. The van der Waals surface area contributed by atoms with Gasteiger partial charge in [0.1, 0.15) is 5.82 Å². The van der Waals surface area contributed by atoms with E-state index in [9.17, 15) is 9.18 Å². The molecule has 1 aliphatic rings. The highest BCUT2D eigenvalue weighted by molar-refractivity contribution is 8.18. The van der Waals surface area contributed by atoms with Crippen molar-refractivity contribution < 1.29 is 9.18 Å². The van der Waals surface area contributed by atoms with Crippen molar-refractivity contribution in [1.29, 1.82) is 0 Å². The van der Waals surface area contributed by atoms with Crippen molar-refractivity contribution >= 4 is 68.7 Å². The minimum absolute atomic E-state index is 0.216. The first-order chi connectivity index (χ1) is 16.4. The molecule has 1 N–H and O–H groups in total. The van der Waals surface area contributed by atoms with Crippen LogP contribution in [0.2, 0.25) is 10.0 Å². The molecule has 1 aromatic heterocycles. The van der Waals surface area contributed by atoms with Gasteiger partial charge in [-0.2, -0.15) is 0 Å². The van der Waals surface area contributed by atoms with Crippen molar-refractivity contribution in [3.63, 3.8) is 0 Å². The summed E-state index contributed by atoms with van der Waals surface area (Å²) in [5.41, 5.74) is 4.65. The number of benzene rings is 3. The molecular weight excluding hydrogens is 492 g/mol. The van der Waals surface area contributed by atoms with Crippen LogP contribution in [0.3, 0.4) is 0 Å². The first-order valence-electron chi connectivity index (χ1n) is 10.5. The zero-order chi connectivity index (χ0) is 23.8. The Morgan fingerprint density at radius 2 is 1.82 bits per heavy atom. The van der Waals surface area contributed by atoms with Crippen LogP contribution in [0.4, 0.5) is 10.1 Å². The molecule has 1 aliphatic heterocycles. The van der Waals surface area contributed by atoms with E-state index in [0.717, 1.165) is 27.7 Å². The second-order valence-electron chi connectivity index (χ2n) is 7.81. The van der Waals surface area contributed by atoms with Crippen molar-refractivity contribution in [2.24, 2.45) is 4.99 Å². The molecule has 5 rings (SSSR count). The van der Waals surface area contributed by atoms with E-state index >= 15 is 0 Å². The molecule has 0 radical (unpaired) electrons. The lowest BCUT2D eigenvalue weighted by molar-refractivity contribution is -0.115. The number of carbonyl (C=O) groups is 1. The maximum Gasteiger partial charge on any atom is 0.264 e. The maximum absolute atomic E-state index is 13.2. The summed E-state index contributed by atoms with van der Waals surface area (Å²) < 4.78 is 15.4. The Labute approximate surface area is 210 Å². The van der Waals surface area contributed by atoms with Crippen molar-refractivity contribution in [3.05, 3.63) is 104 Å². The van der Waals surface area contributed by atoms with E-state index < -0.39 is 0 Å². The molecule has 0 saturated carbocycles. The molecule has 170 valence electrons. The number of halogens is 3. The molecule has 0 atom stereocenters. The summed E-state index contributed by atoms with van der Waals surface area (Å²) in [6.07, 6.45) is 1.90. The Hall–Kier alpha value is -3.06. The van der Waals surface area contributed by atoms with Gasteiger partial charge >= 0.3 is 0 Å². The second kappa shape index (κ2) is 9.29. The van der Waals surface area contributed by atoms with Crippen LogP contribution in [0, 0.1) is 12.7 Å². The summed E-state index contributed by atoms with van der Waals surface area (Å²) in [5, 5.41) is 5.33. The third kappa shape index (κ3) is 4.49. The molecule has 1 saturated heterocycles. The largest absolute Gasteiger partial charge is 0.340 e. The van der Waals surface area contributed by atoms with Gasteiger partial charge in [0, 0.05) is 28.7 Å². The molecule has 0 aliphatic carbocycles. The summed E-state index contributed by atoms with van der Waals surface area (Å²) in [6, 6.07) is 19.5. The predicted octanol–water partition coefficient (Wildman–Crippen LogP) is 7.34. The van der Waals surface area contributed by atoms with E-state index in [-0.39, 0.29) is 11.7 Å². The summed E-state index contributed by atoms with van der Waals surface area (Å²) in [7, 11) is 0. The Morgan fingerprint density at radius 1 is 1.06 bits per heavy atom. The number of hydrogen-bond donors (Lipinski definition) is 1. The fourth-order valence-electron chi connectivity index (χ4n) is 3.91. The fraction of sp³-hybridized carbons (Fsp3) is 0.0769. The molecule has 34 heavy (non-hydrogen) atoms. The zero-order valence-electron chi connectivity index (χ0n) is 18.0. The number of nitrogens with one attached hydrogen (secondary N) is 1. The van der Waals surface area contributed by atoms with Gasteiger partial charge in [0.25, 0.3) is 5.91 Å².